The van der Waals surface area contributed by atoms with Crippen molar-refractivity contribution in [1.82, 2.24) is 0 Å². The largest absolute Gasteiger partial charge is 0.495 e. The highest BCUT2D eigenvalue weighted by molar-refractivity contribution is 9.10. The third kappa shape index (κ3) is 2.59. The molecular formula is C21H15BrO3S. The SMILES string of the molecule is COC(=O)c1c(OC)c(Br)c2ccccc2c1-c1cc2ccccc2s1. The zero-order valence-corrected chi connectivity index (χ0v) is 16.6. The molecule has 4 rings (SSSR count). The maximum Gasteiger partial charge on any atom is 0.342 e. The number of hydrogen-bond acceptors (Lipinski definition) is 4. The zero-order chi connectivity index (χ0) is 18.3. The van der Waals surface area contributed by atoms with Crippen molar-refractivity contribution < 1.29 is 14.3 Å². The fourth-order valence-corrected chi connectivity index (χ4v) is 5.06. The van der Waals surface area contributed by atoms with E-state index in [1.807, 2.05) is 36.4 Å². The van der Waals surface area contributed by atoms with Crippen LogP contribution in [0, 0.1) is 0 Å². The molecule has 26 heavy (non-hydrogen) atoms. The third-order valence-electron chi connectivity index (χ3n) is 4.37. The van der Waals surface area contributed by atoms with Crippen LogP contribution in [0.4, 0.5) is 0 Å². The second kappa shape index (κ2) is 6.74. The highest BCUT2D eigenvalue weighted by atomic mass is 79.9. The first-order chi connectivity index (χ1) is 12.7. The summed E-state index contributed by atoms with van der Waals surface area (Å²) in [5.74, 6) is 0.0729. The van der Waals surface area contributed by atoms with Crippen molar-refractivity contribution in [3.05, 3.63) is 64.6 Å². The van der Waals surface area contributed by atoms with E-state index >= 15 is 0 Å². The smallest absolute Gasteiger partial charge is 0.342 e. The van der Waals surface area contributed by atoms with Gasteiger partial charge in [-0.15, -0.1) is 11.3 Å². The minimum Gasteiger partial charge on any atom is -0.495 e. The molecule has 0 amide bonds. The van der Waals surface area contributed by atoms with Crippen molar-refractivity contribution in [2.24, 2.45) is 0 Å². The monoisotopic (exact) mass is 426 g/mol. The van der Waals surface area contributed by atoms with Crippen molar-refractivity contribution >= 4 is 54.1 Å². The van der Waals surface area contributed by atoms with E-state index in [1.165, 1.54) is 11.8 Å². The highest BCUT2D eigenvalue weighted by Gasteiger charge is 2.26. The first kappa shape index (κ1) is 17.1. The number of benzene rings is 3. The van der Waals surface area contributed by atoms with Crippen molar-refractivity contribution in [2.75, 3.05) is 14.2 Å². The summed E-state index contributed by atoms with van der Waals surface area (Å²) in [6.45, 7) is 0. The second-order valence-electron chi connectivity index (χ2n) is 5.78. The van der Waals surface area contributed by atoms with Crippen molar-refractivity contribution in [3.8, 4) is 16.2 Å². The molecule has 0 N–H and O–H groups in total. The van der Waals surface area contributed by atoms with Crippen LogP contribution in [0.1, 0.15) is 10.4 Å². The maximum absolute atomic E-state index is 12.7. The van der Waals surface area contributed by atoms with Crippen LogP contribution in [0.25, 0.3) is 31.3 Å². The van der Waals surface area contributed by atoms with E-state index in [9.17, 15) is 4.79 Å². The van der Waals surface area contributed by atoms with Crippen molar-refractivity contribution in [3.63, 3.8) is 0 Å². The lowest BCUT2D eigenvalue weighted by Crippen LogP contribution is -2.07. The predicted molar refractivity (Wildman–Crippen MR) is 110 cm³/mol. The van der Waals surface area contributed by atoms with Gasteiger partial charge in [0, 0.05) is 20.5 Å². The summed E-state index contributed by atoms with van der Waals surface area (Å²) in [7, 11) is 2.95. The average Bonchev–Trinajstić information content (AvgIpc) is 3.11. The van der Waals surface area contributed by atoms with Crippen molar-refractivity contribution in [1.29, 1.82) is 0 Å². The summed E-state index contributed by atoms with van der Waals surface area (Å²) in [4.78, 5) is 13.7. The number of rotatable bonds is 3. The number of fused-ring (bicyclic) bond motifs is 2. The van der Waals surface area contributed by atoms with Gasteiger partial charge in [-0.05, 0) is 38.8 Å². The molecule has 3 nitrogen and oxygen atoms in total. The Bertz CT molecular complexity index is 1110. The van der Waals surface area contributed by atoms with E-state index in [0.717, 1.165) is 31.1 Å². The second-order valence-corrected chi connectivity index (χ2v) is 7.66. The molecule has 0 aliphatic heterocycles. The average molecular weight is 427 g/mol. The number of carbonyl (C=O) groups is 1. The minimum absolute atomic E-state index is 0.416. The van der Waals surface area contributed by atoms with Gasteiger partial charge in [-0.3, -0.25) is 0 Å². The fourth-order valence-electron chi connectivity index (χ4n) is 3.22. The number of ether oxygens (including phenoxy) is 2. The molecule has 1 aromatic heterocycles. The van der Waals surface area contributed by atoms with E-state index in [-0.39, 0.29) is 0 Å². The molecular weight excluding hydrogens is 412 g/mol. The van der Waals surface area contributed by atoms with Gasteiger partial charge in [0.25, 0.3) is 0 Å². The molecule has 0 atom stereocenters. The van der Waals surface area contributed by atoms with Crippen molar-refractivity contribution in [2.45, 2.75) is 0 Å². The van der Waals surface area contributed by atoms with Crippen LogP contribution in [-0.4, -0.2) is 20.2 Å². The Morgan fingerprint density at radius 1 is 1.00 bits per heavy atom. The summed E-state index contributed by atoms with van der Waals surface area (Å²) in [6.07, 6.45) is 0. The van der Waals surface area contributed by atoms with Crippen LogP contribution in [0.3, 0.4) is 0 Å². The first-order valence-electron chi connectivity index (χ1n) is 8.01. The first-order valence-corrected chi connectivity index (χ1v) is 9.62. The lowest BCUT2D eigenvalue weighted by atomic mass is 9.96. The number of halogens is 1. The van der Waals surface area contributed by atoms with Crippen LogP contribution >= 0.6 is 27.3 Å². The summed E-state index contributed by atoms with van der Waals surface area (Å²) in [5, 5.41) is 3.12. The predicted octanol–water partition coefficient (Wildman–Crippen LogP) is 6.28. The standard InChI is InChI=1S/C21H15BrO3S/c1-24-20-18(21(23)25-2)17(13-8-4-5-9-14(13)19(20)22)16-11-12-7-3-6-10-15(12)26-16/h3-11H,1-2H3. The molecule has 1 heterocycles. The number of hydrogen-bond donors (Lipinski definition) is 0. The van der Waals surface area contributed by atoms with Crippen LogP contribution in [0.15, 0.2) is 59.1 Å². The summed E-state index contributed by atoms with van der Waals surface area (Å²) in [6, 6.07) is 18.3. The molecule has 0 fully saturated rings. The van der Waals surface area contributed by atoms with Gasteiger partial charge in [0.15, 0.2) is 0 Å². The topological polar surface area (TPSA) is 35.5 Å². The Morgan fingerprint density at radius 3 is 2.38 bits per heavy atom. The maximum atomic E-state index is 12.7. The van der Waals surface area contributed by atoms with Crippen LogP contribution < -0.4 is 4.74 Å². The molecule has 4 aromatic rings. The Balaban J connectivity index is 2.18. The van der Waals surface area contributed by atoms with Gasteiger partial charge in [-0.1, -0.05) is 42.5 Å². The van der Waals surface area contributed by atoms with E-state index in [4.69, 9.17) is 9.47 Å². The lowest BCUT2D eigenvalue weighted by Gasteiger charge is -2.17. The summed E-state index contributed by atoms with van der Waals surface area (Å²) in [5.41, 5.74) is 1.28. The quantitative estimate of drug-likeness (QED) is 0.361. The molecule has 5 heteroatoms. The number of methoxy groups -OCH3 is 2. The summed E-state index contributed by atoms with van der Waals surface area (Å²) < 4.78 is 12.6. The van der Waals surface area contributed by atoms with E-state index in [0.29, 0.717) is 11.3 Å². The van der Waals surface area contributed by atoms with E-state index < -0.39 is 5.97 Å². The molecule has 0 spiro atoms. The van der Waals surface area contributed by atoms with E-state index in [2.05, 4.69) is 34.1 Å². The normalized spacial score (nSPS) is 11.0. The third-order valence-corrected chi connectivity index (χ3v) is 6.30. The molecule has 0 radical (unpaired) electrons. The van der Waals surface area contributed by atoms with Gasteiger partial charge >= 0.3 is 5.97 Å². The Hall–Kier alpha value is -2.37. The van der Waals surface area contributed by atoms with Gasteiger partial charge < -0.3 is 9.47 Å². The van der Waals surface area contributed by atoms with Gasteiger partial charge in [-0.2, -0.15) is 0 Å². The molecule has 0 saturated heterocycles. The minimum atomic E-state index is -0.416. The Labute approximate surface area is 163 Å². The fraction of sp³-hybridized carbons (Fsp3) is 0.0952. The molecule has 3 aromatic carbocycles. The van der Waals surface area contributed by atoms with Gasteiger partial charge in [0.05, 0.1) is 18.7 Å². The zero-order valence-electron chi connectivity index (χ0n) is 14.2. The molecule has 130 valence electrons. The molecule has 0 saturated carbocycles. The van der Waals surface area contributed by atoms with Crippen LogP contribution in [0.2, 0.25) is 0 Å². The van der Waals surface area contributed by atoms with Gasteiger partial charge in [0.1, 0.15) is 11.3 Å². The Morgan fingerprint density at radius 2 is 1.69 bits per heavy atom. The highest BCUT2D eigenvalue weighted by Crippen LogP contribution is 2.47. The van der Waals surface area contributed by atoms with E-state index in [1.54, 1.807) is 18.4 Å². The van der Waals surface area contributed by atoms with Crippen LogP contribution in [0.5, 0.6) is 5.75 Å². The van der Waals surface area contributed by atoms with Gasteiger partial charge in [0.2, 0.25) is 0 Å². The lowest BCUT2D eigenvalue weighted by molar-refractivity contribution is 0.0598. The van der Waals surface area contributed by atoms with Crippen LogP contribution in [-0.2, 0) is 4.74 Å². The molecule has 0 aliphatic rings. The number of thiophene rings is 1. The van der Waals surface area contributed by atoms with Gasteiger partial charge in [-0.25, -0.2) is 4.79 Å². The number of carbonyl (C=O) groups excluding carboxylic acids is 1. The Kier molecular flexibility index (Phi) is 4.42. The molecule has 0 unspecified atom stereocenters. The molecule has 0 aliphatic carbocycles. The number of esters is 1. The molecule has 0 bridgehead atoms. The summed E-state index contributed by atoms with van der Waals surface area (Å²) >= 11 is 5.26.